The van der Waals surface area contributed by atoms with Crippen LogP contribution in [0.2, 0.25) is 6.04 Å². The van der Waals surface area contributed by atoms with Gasteiger partial charge in [0.15, 0.2) is 0 Å². The standard InChI is InChI=1S/C21H20Si/c1-17-16-22(18-10-4-2-5-11-18,19-12-6-3-7-13-19)21-15-9-8-14-20(17)21/h2-15,17H,16H2,1H3/t17-/m1/s1. The largest absolute Gasteiger partial charge is 0.149 e. The van der Waals surface area contributed by atoms with Gasteiger partial charge in [-0.15, -0.1) is 0 Å². The Balaban J connectivity index is 2.04. The molecule has 0 N–H and O–H groups in total. The molecule has 1 heterocycles. The maximum absolute atomic E-state index is 2.39. The topological polar surface area (TPSA) is 0 Å². The van der Waals surface area contributed by atoms with Crippen LogP contribution in [0, 0.1) is 0 Å². The van der Waals surface area contributed by atoms with Gasteiger partial charge in [-0.05, 0) is 33.1 Å². The van der Waals surface area contributed by atoms with Gasteiger partial charge in [-0.3, -0.25) is 0 Å². The van der Waals surface area contributed by atoms with Crippen LogP contribution < -0.4 is 15.6 Å². The van der Waals surface area contributed by atoms with E-state index in [0.29, 0.717) is 5.92 Å². The van der Waals surface area contributed by atoms with Crippen molar-refractivity contribution in [2.45, 2.75) is 18.9 Å². The van der Waals surface area contributed by atoms with Crippen molar-refractivity contribution in [3.63, 3.8) is 0 Å². The van der Waals surface area contributed by atoms with Crippen molar-refractivity contribution in [3.05, 3.63) is 90.5 Å². The molecule has 0 nitrogen and oxygen atoms in total. The third kappa shape index (κ3) is 1.89. The molecule has 4 rings (SSSR count). The first kappa shape index (κ1) is 13.5. The number of hydrogen-bond acceptors (Lipinski definition) is 0. The lowest BCUT2D eigenvalue weighted by Gasteiger charge is -2.30. The van der Waals surface area contributed by atoms with Crippen LogP contribution in [0.1, 0.15) is 18.4 Å². The minimum absolute atomic E-state index is 0.642. The molecule has 1 atom stereocenters. The summed E-state index contributed by atoms with van der Waals surface area (Å²) in [6, 6.07) is 32.8. The van der Waals surface area contributed by atoms with Crippen LogP contribution in [0.5, 0.6) is 0 Å². The van der Waals surface area contributed by atoms with E-state index in [0.717, 1.165) is 0 Å². The van der Waals surface area contributed by atoms with Crippen molar-refractivity contribution in [3.8, 4) is 0 Å². The zero-order valence-corrected chi connectivity index (χ0v) is 13.9. The van der Waals surface area contributed by atoms with Crippen LogP contribution in [0.15, 0.2) is 84.9 Å². The van der Waals surface area contributed by atoms with Crippen LogP contribution in [0.25, 0.3) is 0 Å². The van der Waals surface area contributed by atoms with Crippen molar-refractivity contribution in [2.75, 3.05) is 0 Å². The van der Waals surface area contributed by atoms with E-state index in [-0.39, 0.29) is 0 Å². The maximum Gasteiger partial charge on any atom is 0.149 e. The summed E-state index contributed by atoms with van der Waals surface area (Å²) in [5.74, 6) is 0.642. The van der Waals surface area contributed by atoms with Crippen molar-refractivity contribution < 1.29 is 0 Å². The molecule has 0 spiro atoms. The molecule has 3 aromatic carbocycles. The SMILES string of the molecule is C[C@@H]1C[Si](c2ccccc2)(c2ccccc2)c2ccccc21. The summed E-state index contributed by atoms with van der Waals surface area (Å²) in [6.07, 6.45) is 0. The van der Waals surface area contributed by atoms with Gasteiger partial charge in [-0.1, -0.05) is 91.9 Å². The second kappa shape index (κ2) is 5.26. The third-order valence-corrected chi connectivity index (χ3v) is 10.3. The van der Waals surface area contributed by atoms with Crippen molar-refractivity contribution in [2.24, 2.45) is 0 Å². The highest BCUT2D eigenvalue weighted by molar-refractivity contribution is 7.12. The molecule has 0 radical (unpaired) electrons. The Hall–Kier alpha value is -2.12. The molecular formula is C21H20Si. The first-order valence-electron chi connectivity index (χ1n) is 8.03. The van der Waals surface area contributed by atoms with Gasteiger partial charge in [-0.25, -0.2) is 0 Å². The van der Waals surface area contributed by atoms with E-state index >= 15 is 0 Å². The highest BCUT2D eigenvalue weighted by Gasteiger charge is 2.46. The van der Waals surface area contributed by atoms with Crippen LogP contribution in [0.3, 0.4) is 0 Å². The Kier molecular flexibility index (Phi) is 3.23. The fourth-order valence-electron chi connectivity index (χ4n) is 4.15. The Labute approximate surface area is 133 Å². The van der Waals surface area contributed by atoms with Crippen molar-refractivity contribution in [1.82, 2.24) is 0 Å². The van der Waals surface area contributed by atoms with E-state index < -0.39 is 8.07 Å². The predicted molar refractivity (Wildman–Crippen MR) is 97.2 cm³/mol. The summed E-state index contributed by atoms with van der Waals surface area (Å²) < 4.78 is 0. The van der Waals surface area contributed by atoms with Crippen molar-refractivity contribution in [1.29, 1.82) is 0 Å². The van der Waals surface area contributed by atoms with Gasteiger partial charge in [-0.2, -0.15) is 0 Å². The summed E-state index contributed by atoms with van der Waals surface area (Å²) >= 11 is 0. The van der Waals surface area contributed by atoms with E-state index in [4.69, 9.17) is 0 Å². The molecule has 0 fully saturated rings. The monoisotopic (exact) mass is 300 g/mol. The van der Waals surface area contributed by atoms with Crippen LogP contribution in [-0.4, -0.2) is 8.07 Å². The fraction of sp³-hybridized carbons (Fsp3) is 0.143. The van der Waals surface area contributed by atoms with Gasteiger partial charge >= 0.3 is 0 Å². The zero-order valence-electron chi connectivity index (χ0n) is 12.9. The van der Waals surface area contributed by atoms with E-state index in [1.54, 1.807) is 10.8 Å². The molecule has 108 valence electrons. The van der Waals surface area contributed by atoms with E-state index in [1.165, 1.54) is 16.4 Å². The highest BCUT2D eigenvalue weighted by Crippen LogP contribution is 2.33. The Morgan fingerprint density at radius 3 is 1.77 bits per heavy atom. The average molecular weight is 300 g/mol. The van der Waals surface area contributed by atoms with Gasteiger partial charge < -0.3 is 0 Å². The smallest absolute Gasteiger partial charge is 0.0624 e. The summed E-state index contributed by atoms with van der Waals surface area (Å²) in [6.45, 7) is 2.39. The molecule has 0 saturated carbocycles. The van der Waals surface area contributed by atoms with Gasteiger partial charge in [0.05, 0.1) is 0 Å². The molecule has 0 saturated heterocycles. The predicted octanol–water partition coefficient (Wildman–Crippen LogP) is 3.27. The molecule has 0 amide bonds. The minimum atomic E-state index is -1.87. The number of hydrogen-bond donors (Lipinski definition) is 0. The van der Waals surface area contributed by atoms with Crippen LogP contribution >= 0.6 is 0 Å². The average Bonchev–Trinajstić information content (AvgIpc) is 2.91. The minimum Gasteiger partial charge on any atom is -0.0624 e. The summed E-state index contributed by atoms with van der Waals surface area (Å²) in [5, 5.41) is 4.69. The van der Waals surface area contributed by atoms with Crippen LogP contribution in [-0.2, 0) is 0 Å². The third-order valence-electron chi connectivity index (χ3n) is 5.10. The number of rotatable bonds is 2. The summed E-state index contributed by atoms with van der Waals surface area (Å²) in [5.41, 5.74) is 1.56. The molecule has 1 aliphatic rings. The Bertz CT molecular complexity index is 738. The second-order valence-corrected chi connectivity index (χ2v) is 10.2. The molecular weight excluding hydrogens is 280 g/mol. The lowest BCUT2D eigenvalue weighted by Crippen LogP contribution is -2.65. The first-order chi connectivity index (χ1) is 10.8. The highest BCUT2D eigenvalue weighted by atomic mass is 28.3. The van der Waals surface area contributed by atoms with Gasteiger partial charge in [0, 0.05) is 0 Å². The molecule has 0 aromatic heterocycles. The quantitative estimate of drug-likeness (QED) is 0.637. The summed E-state index contributed by atoms with van der Waals surface area (Å²) in [7, 11) is -1.87. The molecule has 22 heavy (non-hydrogen) atoms. The second-order valence-electron chi connectivity index (χ2n) is 6.33. The normalized spacial score (nSPS) is 18.9. The molecule has 0 unspecified atom stereocenters. The molecule has 3 aromatic rings. The van der Waals surface area contributed by atoms with Crippen molar-refractivity contribution >= 4 is 23.6 Å². The molecule has 0 bridgehead atoms. The van der Waals surface area contributed by atoms with E-state index in [1.807, 2.05) is 0 Å². The molecule has 1 heteroatoms. The van der Waals surface area contributed by atoms with Gasteiger partial charge in [0.1, 0.15) is 8.07 Å². The zero-order chi connectivity index (χ0) is 15.0. The van der Waals surface area contributed by atoms with Gasteiger partial charge in [0.25, 0.3) is 0 Å². The molecule has 1 aliphatic heterocycles. The van der Waals surface area contributed by atoms with E-state index in [2.05, 4.69) is 91.9 Å². The summed E-state index contributed by atoms with van der Waals surface area (Å²) in [4.78, 5) is 0. The van der Waals surface area contributed by atoms with Crippen LogP contribution in [0.4, 0.5) is 0 Å². The van der Waals surface area contributed by atoms with E-state index in [9.17, 15) is 0 Å². The maximum atomic E-state index is 2.39. The molecule has 0 aliphatic carbocycles. The Morgan fingerprint density at radius 1 is 0.682 bits per heavy atom. The lowest BCUT2D eigenvalue weighted by atomic mass is 10.0. The Morgan fingerprint density at radius 2 is 1.18 bits per heavy atom. The van der Waals surface area contributed by atoms with Gasteiger partial charge in [0.2, 0.25) is 0 Å². The first-order valence-corrected chi connectivity index (χ1v) is 10.2. The number of benzene rings is 3. The fourth-order valence-corrected chi connectivity index (χ4v) is 9.66. The number of fused-ring (bicyclic) bond motifs is 1. The lowest BCUT2D eigenvalue weighted by molar-refractivity contribution is 0.881.